The minimum Gasteiger partial charge on any atom is -0.479 e. The van der Waals surface area contributed by atoms with Gasteiger partial charge in [-0.25, -0.2) is 4.79 Å². The van der Waals surface area contributed by atoms with E-state index >= 15 is 0 Å². The first-order chi connectivity index (χ1) is 12.5. The molecule has 0 radical (unpaired) electrons. The highest BCUT2D eigenvalue weighted by atomic mass is 16.4. The molecule has 0 saturated heterocycles. The molecule has 4 rings (SSSR count). The summed E-state index contributed by atoms with van der Waals surface area (Å²) in [5.74, 6) is -1.38. The molecule has 1 aliphatic carbocycles. The predicted molar refractivity (Wildman–Crippen MR) is 99.1 cm³/mol. The fourth-order valence-electron chi connectivity index (χ4n) is 3.91. The van der Waals surface area contributed by atoms with Gasteiger partial charge in [0.15, 0.2) is 5.54 Å². The quantitative estimate of drug-likeness (QED) is 0.763. The molecule has 2 N–H and O–H groups in total. The molecule has 0 spiro atoms. The summed E-state index contributed by atoms with van der Waals surface area (Å²) in [6.45, 7) is 0. The van der Waals surface area contributed by atoms with Crippen LogP contribution in [0.2, 0.25) is 0 Å². The van der Waals surface area contributed by atoms with Gasteiger partial charge < -0.3 is 15.0 Å². The number of carbonyl (C=O) groups excluding carboxylic acids is 1. The molecular formula is C21H20N2O3. The number of fused-ring (bicyclic) bond motifs is 2. The number of rotatable bonds is 3. The molecule has 1 aliphatic rings. The largest absolute Gasteiger partial charge is 0.479 e. The van der Waals surface area contributed by atoms with E-state index in [4.69, 9.17) is 0 Å². The van der Waals surface area contributed by atoms with Crippen molar-refractivity contribution in [3.63, 3.8) is 0 Å². The molecule has 132 valence electrons. The maximum atomic E-state index is 12.9. The third-order valence-corrected chi connectivity index (χ3v) is 5.32. The van der Waals surface area contributed by atoms with Crippen molar-refractivity contribution in [2.45, 2.75) is 24.8 Å². The Balaban J connectivity index is 1.74. The van der Waals surface area contributed by atoms with Crippen molar-refractivity contribution in [3.05, 3.63) is 71.4 Å². The first kappa shape index (κ1) is 16.4. The van der Waals surface area contributed by atoms with E-state index in [0.29, 0.717) is 17.5 Å². The Morgan fingerprint density at radius 1 is 1.15 bits per heavy atom. The van der Waals surface area contributed by atoms with Gasteiger partial charge >= 0.3 is 5.97 Å². The summed E-state index contributed by atoms with van der Waals surface area (Å²) >= 11 is 0. The normalized spacial score (nSPS) is 19.1. The van der Waals surface area contributed by atoms with E-state index in [1.54, 1.807) is 12.1 Å². The lowest BCUT2D eigenvalue weighted by atomic mass is 9.76. The third-order valence-electron chi connectivity index (χ3n) is 5.32. The number of aliphatic carboxylic acids is 1. The second kappa shape index (κ2) is 6.02. The highest BCUT2D eigenvalue weighted by molar-refractivity contribution is 6.01. The second-order valence-corrected chi connectivity index (χ2v) is 6.88. The lowest BCUT2D eigenvalue weighted by molar-refractivity contribution is -0.145. The molecule has 0 fully saturated rings. The molecular weight excluding hydrogens is 328 g/mol. The van der Waals surface area contributed by atoms with Gasteiger partial charge in [0.2, 0.25) is 0 Å². The number of hydrogen-bond acceptors (Lipinski definition) is 2. The standard InChI is InChI=1S/C21H20N2O3/c1-23-12-10-15-8-9-16(13-18(15)23)19(24)22-21(20(25)26)11-4-6-14-5-2-3-7-17(14)21/h2-3,5,7-10,12-13H,4,6,11H2,1H3,(H,22,24)(H,25,26)/t21-/m1/s1. The summed E-state index contributed by atoms with van der Waals surface area (Å²) in [7, 11) is 1.92. The van der Waals surface area contributed by atoms with Crippen LogP contribution in [0.5, 0.6) is 0 Å². The number of amides is 1. The second-order valence-electron chi connectivity index (χ2n) is 6.88. The van der Waals surface area contributed by atoms with Crippen LogP contribution in [0, 0.1) is 0 Å². The summed E-state index contributed by atoms with van der Waals surface area (Å²) in [6.07, 6.45) is 3.87. The molecule has 0 saturated carbocycles. The topological polar surface area (TPSA) is 71.3 Å². The first-order valence-corrected chi connectivity index (χ1v) is 8.71. The van der Waals surface area contributed by atoms with Crippen molar-refractivity contribution in [1.29, 1.82) is 0 Å². The number of nitrogens with one attached hydrogen (secondary N) is 1. The Labute approximate surface area is 151 Å². The number of benzene rings is 2. The minimum atomic E-state index is -1.38. The lowest BCUT2D eigenvalue weighted by Crippen LogP contribution is -2.53. The average Bonchev–Trinajstić information content (AvgIpc) is 3.02. The summed E-state index contributed by atoms with van der Waals surface area (Å²) in [5, 5.41) is 13.9. The van der Waals surface area contributed by atoms with E-state index < -0.39 is 11.5 Å². The Bertz CT molecular complexity index is 1020. The summed E-state index contributed by atoms with van der Waals surface area (Å²) in [4.78, 5) is 25.1. The molecule has 0 bridgehead atoms. The molecule has 1 atom stereocenters. The molecule has 26 heavy (non-hydrogen) atoms. The molecule has 5 heteroatoms. The number of carbonyl (C=O) groups is 2. The molecule has 0 unspecified atom stereocenters. The highest BCUT2D eigenvalue weighted by Crippen LogP contribution is 2.36. The number of aromatic nitrogens is 1. The van der Waals surface area contributed by atoms with Gasteiger partial charge in [-0.2, -0.15) is 0 Å². The maximum Gasteiger partial charge on any atom is 0.334 e. The number of carboxylic acids is 1. The van der Waals surface area contributed by atoms with E-state index in [2.05, 4.69) is 5.32 Å². The smallest absolute Gasteiger partial charge is 0.334 e. The lowest BCUT2D eigenvalue weighted by Gasteiger charge is -2.36. The zero-order valence-electron chi connectivity index (χ0n) is 14.5. The average molecular weight is 348 g/mol. The van der Waals surface area contributed by atoms with E-state index in [-0.39, 0.29) is 5.91 Å². The van der Waals surface area contributed by atoms with Gasteiger partial charge in [-0.1, -0.05) is 30.3 Å². The van der Waals surface area contributed by atoms with E-state index in [1.165, 1.54) is 0 Å². The van der Waals surface area contributed by atoms with Crippen molar-refractivity contribution in [2.75, 3.05) is 0 Å². The molecule has 1 aromatic heterocycles. The van der Waals surface area contributed by atoms with Gasteiger partial charge in [-0.3, -0.25) is 4.79 Å². The number of hydrogen-bond donors (Lipinski definition) is 2. The Kier molecular flexibility index (Phi) is 3.80. The van der Waals surface area contributed by atoms with E-state index in [1.807, 2.05) is 54.2 Å². The number of carboxylic acid groups (broad SMARTS) is 1. The van der Waals surface area contributed by atoms with Crippen LogP contribution < -0.4 is 5.32 Å². The summed E-state index contributed by atoms with van der Waals surface area (Å²) in [5.41, 5.74) is 1.69. The first-order valence-electron chi connectivity index (χ1n) is 8.71. The van der Waals surface area contributed by atoms with Gasteiger partial charge in [-0.05, 0) is 54.0 Å². The van der Waals surface area contributed by atoms with Gasteiger partial charge in [0.05, 0.1) is 0 Å². The van der Waals surface area contributed by atoms with Crippen molar-refractivity contribution in [1.82, 2.24) is 9.88 Å². The monoisotopic (exact) mass is 348 g/mol. The molecule has 1 amide bonds. The maximum absolute atomic E-state index is 12.9. The van der Waals surface area contributed by atoms with Crippen LogP contribution in [-0.4, -0.2) is 21.6 Å². The Hall–Kier alpha value is -3.08. The van der Waals surface area contributed by atoms with Crippen LogP contribution in [-0.2, 0) is 23.8 Å². The van der Waals surface area contributed by atoms with Crippen molar-refractivity contribution in [3.8, 4) is 0 Å². The number of nitrogens with zero attached hydrogens (tertiary/aromatic N) is 1. The fraction of sp³-hybridized carbons (Fsp3) is 0.238. The Morgan fingerprint density at radius 2 is 1.96 bits per heavy atom. The van der Waals surface area contributed by atoms with Crippen molar-refractivity contribution >= 4 is 22.8 Å². The zero-order valence-corrected chi connectivity index (χ0v) is 14.5. The van der Waals surface area contributed by atoms with Gasteiger partial charge in [0.1, 0.15) is 0 Å². The molecule has 2 aromatic carbocycles. The summed E-state index contributed by atoms with van der Waals surface area (Å²) < 4.78 is 1.94. The summed E-state index contributed by atoms with van der Waals surface area (Å²) in [6, 6.07) is 14.9. The molecule has 5 nitrogen and oxygen atoms in total. The molecule has 1 heterocycles. The minimum absolute atomic E-state index is 0.368. The predicted octanol–water partition coefficient (Wildman–Crippen LogP) is 3.22. The van der Waals surface area contributed by atoms with Gasteiger partial charge in [0, 0.05) is 24.3 Å². The highest BCUT2D eigenvalue weighted by Gasteiger charge is 2.45. The van der Waals surface area contributed by atoms with Crippen molar-refractivity contribution in [2.24, 2.45) is 7.05 Å². The van der Waals surface area contributed by atoms with Crippen LogP contribution >= 0.6 is 0 Å². The number of aryl methyl sites for hydroxylation is 2. The van der Waals surface area contributed by atoms with Crippen LogP contribution in [0.1, 0.15) is 34.3 Å². The van der Waals surface area contributed by atoms with E-state index in [0.717, 1.165) is 29.3 Å². The SMILES string of the molecule is Cn1ccc2ccc(C(=O)N[C@]3(C(=O)O)CCCc4ccccc43)cc21. The van der Waals surface area contributed by atoms with Crippen LogP contribution in [0.25, 0.3) is 10.9 Å². The van der Waals surface area contributed by atoms with Crippen molar-refractivity contribution < 1.29 is 14.7 Å². The molecule has 3 aromatic rings. The van der Waals surface area contributed by atoms with Crippen LogP contribution in [0.4, 0.5) is 0 Å². The zero-order chi connectivity index (χ0) is 18.3. The van der Waals surface area contributed by atoms with E-state index in [9.17, 15) is 14.7 Å². The fourth-order valence-corrected chi connectivity index (χ4v) is 3.91. The molecule has 0 aliphatic heterocycles. The Morgan fingerprint density at radius 3 is 2.77 bits per heavy atom. The van der Waals surface area contributed by atoms with Gasteiger partial charge in [-0.15, -0.1) is 0 Å². The van der Waals surface area contributed by atoms with Crippen LogP contribution in [0.3, 0.4) is 0 Å². The third kappa shape index (κ3) is 2.47. The van der Waals surface area contributed by atoms with Crippen LogP contribution in [0.15, 0.2) is 54.7 Å². The van der Waals surface area contributed by atoms with Gasteiger partial charge in [0.25, 0.3) is 5.91 Å².